The number of anilines is 2. The Hall–Kier alpha value is -3.67. The zero-order valence-electron chi connectivity index (χ0n) is 16.7. The van der Waals surface area contributed by atoms with Gasteiger partial charge in [-0.2, -0.15) is 0 Å². The summed E-state index contributed by atoms with van der Waals surface area (Å²) in [5.74, 6) is -0.0252. The van der Waals surface area contributed by atoms with Gasteiger partial charge in [-0.25, -0.2) is 4.98 Å². The molecule has 3 aromatic rings. The Morgan fingerprint density at radius 1 is 0.828 bits per heavy atom. The molecule has 3 rings (SSSR count). The lowest BCUT2D eigenvalue weighted by Crippen LogP contribution is -2.19. The van der Waals surface area contributed by atoms with Crippen LogP contribution in [0.3, 0.4) is 0 Å². The number of benzene rings is 2. The van der Waals surface area contributed by atoms with E-state index in [-0.39, 0.29) is 17.3 Å². The zero-order valence-corrected chi connectivity index (χ0v) is 16.7. The summed E-state index contributed by atoms with van der Waals surface area (Å²) >= 11 is 0. The molecular weight excluding hydrogens is 366 g/mol. The zero-order chi connectivity index (χ0) is 20.8. The van der Waals surface area contributed by atoms with E-state index in [1.54, 1.807) is 42.5 Å². The van der Waals surface area contributed by atoms with Crippen molar-refractivity contribution in [1.82, 2.24) is 4.98 Å². The van der Waals surface area contributed by atoms with Crippen LogP contribution in [0.2, 0.25) is 0 Å². The van der Waals surface area contributed by atoms with E-state index in [2.05, 4.69) is 15.6 Å². The molecule has 0 radical (unpaired) electrons. The third kappa shape index (κ3) is 4.99. The quantitative estimate of drug-likeness (QED) is 0.646. The molecule has 29 heavy (non-hydrogen) atoms. The van der Waals surface area contributed by atoms with Crippen LogP contribution in [0.25, 0.3) is 0 Å². The number of carbonyl (C=O) groups excluding carboxylic acids is 2. The Kier molecular flexibility index (Phi) is 6.24. The maximum atomic E-state index is 12.6. The van der Waals surface area contributed by atoms with Crippen molar-refractivity contribution >= 4 is 23.2 Å². The molecule has 1 aromatic heterocycles. The van der Waals surface area contributed by atoms with E-state index in [1.165, 1.54) is 0 Å². The van der Waals surface area contributed by atoms with E-state index >= 15 is 0 Å². The summed E-state index contributed by atoms with van der Waals surface area (Å²) in [5.41, 5.74) is 3.62. The molecule has 0 saturated heterocycles. The second-order valence-electron chi connectivity index (χ2n) is 6.54. The maximum absolute atomic E-state index is 12.6. The van der Waals surface area contributed by atoms with Crippen LogP contribution < -0.4 is 15.4 Å². The third-order valence-corrected chi connectivity index (χ3v) is 4.36. The molecule has 0 spiro atoms. The van der Waals surface area contributed by atoms with Crippen LogP contribution in [-0.2, 0) is 0 Å². The molecule has 0 unspecified atom stereocenters. The molecule has 0 aliphatic carbocycles. The van der Waals surface area contributed by atoms with Crippen LogP contribution in [-0.4, -0.2) is 23.4 Å². The number of amides is 2. The van der Waals surface area contributed by atoms with Gasteiger partial charge in [0.05, 0.1) is 6.61 Å². The highest BCUT2D eigenvalue weighted by atomic mass is 16.5. The maximum Gasteiger partial charge on any atom is 0.274 e. The fourth-order valence-electron chi connectivity index (χ4n) is 2.87. The predicted octanol–water partition coefficient (Wildman–Crippen LogP) is 4.60. The lowest BCUT2D eigenvalue weighted by molar-refractivity contribution is 0.101. The number of aromatic nitrogens is 1. The van der Waals surface area contributed by atoms with Crippen molar-refractivity contribution in [3.05, 3.63) is 83.2 Å². The standard InChI is InChI=1S/C23H23N3O3/c1-4-29-18-13-11-17(12-14-18)24-22(27)19-9-6-10-20(25-19)23(28)26-21-15(2)7-5-8-16(21)3/h5-14H,4H2,1-3H3,(H,24,27)(H,26,28). The summed E-state index contributed by atoms with van der Waals surface area (Å²) < 4.78 is 5.39. The summed E-state index contributed by atoms with van der Waals surface area (Å²) in [6.45, 7) is 6.34. The van der Waals surface area contributed by atoms with Gasteiger partial charge in [0.15, 0.2) is 0 Å². The first kappa shape index (κ1) is 20.1. The number of aryl methyl sites for hydroxylation is 2. The third-order valence-electron chi connectivity index (χ3n) is 4.36. The number of hydrogen-bond acceptors (Lipinski definition) is 4. The molecule has 0 atom stereocenters. The fourth-order valence-corrected chi connectivity index (χ4v) is 2.87. The van der Waals surface area contributed by atoms with E-state index in [0.717, 1.165) is 22.6 Å². The number of para-hydroxylation sites is 1. The highest BCUT2D eigenvalue weighted by molar-refractivity contribution is 6.06. The minimum atomic E-state index is -0.393. The Labute approximate surface area is 169 Å². The first-order chi connectivity index (χ1) is 14.0. The number of hydrogen-bond donors (Lipinski definition) is 2. The molecule has 0 fully saturated rings. The molecule has 2 N–H and O–H groups in total. The van der Waals surface area contributed by atoms with Crippen molar-refractivity contribution in [2.75, 3.05) is 17.2 Å². The van der Waals surface area contributed by atoms with Gasteiger partial charge in [0.2, 0.25) is 0 Å². The minimum absolute atomic E-state index is 0.160. The van der Waals surface area contributed by atoms with Crippen molar-refractivity contribution < 1.29 is 14.3 Å². The van der Waals surface area contributed by atoms with E-state index in [9.17, 15) is 9.59 Å². The van der Waals surface area contributed by atoms with Crippen molar-refractivity contribution in [1.29, 1.82) is 0 Å². The first-order valence-electron chi connectivity index (χ1n) is 9.36. The van der Waals surface area contributed by atoms with Crippen LogP contribution in [0.4, 0.5) is 11.4 Å². The van der Waals surface area contributed by atoms with E-state index in [1.807, 2.05) is 39.0 Å². The van der Waals surface area contributed by atoms with Crippen molar-refractivity contribution in [3.63, 3.8) is 0 Å². The number of nitrogens with one attached hydrogen (secondary N) is 2. The molecule has 0 saturated carbocycles. The molecule has 1 heterocycles. The number of carbonyl (C=O) groups is 2. The van der Waals surface area contributed by atoms with Crippen LogP contribution >= 0.6 is 0 Å². The second-order valence-corrected chi connectivity index (χ2v) is 6.54. The van der Waals surface area contributed by atoms with Crippen LogP contribution in [0.5, 0.6) is 5.75 Å². The summed E-state index contributed by atoms with van der Waals surface area (Å²) in [6, 6.07) is 17.6. The average Bonchev–Trinajstić information content (AvgIpc) is 2.72. The highest BCUT2D eigenvalue weighted by Gasteiger charge is 2.14. The summed E-state index contributed by atoms with van der Waals surface area (Å²) in [5, 5.41) is 5.65. The topological polar surface area (TPSA) is 80.3 Å². The lowest BCUT2D eigenvalue weighted by atomic mass is 10.1. The highest BCUT2D eigenvalue weighted by Crippen LogP contribution is 2.20. The number of pyridine rings is 1. The van der Waals surface area contributed by atoms with Gasteiger partial charge in [0, 0.05) is 11.4 Å². The Balaban J connectivity index is 1.73. The van der Waals surface area contributed by atoms with Gasteiger partial charge in [-0.1, -0.05) is 24.3 Å². The summed E-state index contributed by atoms with van der Waals surface area (Å²) in [7, 11) is 0. The van der Waals surface area contributed by atoms with Crippen molar-refractivity contribution in [3.8, 4) is 5.75 Å². The minimum Gasteiger partial charge on any atom is -0.494 e. The van der Waals surface area contributed by atoms with Gasteiger partial charge in [-0.3, -0.25) is 9.59 Å². The summed E-state index contributed by atoms with van der Waals surface area (Å²) in [6.07, 6.45) is 0. The lowest BCUT2D eigenvalue weighted by Gasteiger charge is -2.11. The summed E-state index contributed by atoms with van der Waals surface area (Å²) in [4.78, 5) is 29.4. The van der Waals surface area contributed by atoms with Crippen LogP contribution in [0.1, 0.15) is 39.0 Å². The van der Waals surface area contributed by atoms with Gasteiger partial charge in [0.25, 0.3) is 11.8 Å². The van der Waals surface area contributed by atoms with Crippen LogP contribution in [0, 0.1) is 13.8 Å². The normalized spacial score (nSPS) is 10.3. The smallest absolute Gasteiger partial charge is 0.274 e. The molecule has 0 aliphatic rings. The van der Waals surface area contributed by atoms with Gasteiger partial charge >= 0.3 is 0 Å². The molecule has 0 bridgehead atoms. The van der Waals surface area contributed by atoms with Gasteiger partial charge < -0.3 is 15.4 Å². The SMILES string of the molecule is CCOc1ccc(NC(=O)c2cccc(C(=O)Nc3c(C)cccc3C)n2)cc1. The number of nitrogens with zero attached hydrogens (tertiary/aromatic N) is 1. The Morgan fingerprint density at radius 3 is 1.97 bits per heavy atom. The van der Waals surface area contributed by atoms with Gasteiger partial charge in [0.1, 0.15) is 17.1 Å². The average molecular weight is 389 g/mol. The monoisotopic (exact) mass is 389 g/mol. The molecule has 148 valence electrons. The Bertz CT molecular complexity index is 1010. The first-order valence-corrected chi connectivity index (χ1v) is 9.36. The van der Waals surface area contributed by atoms with Gasteiger partial charge in [-0.15, -0.1) is 0 Å². The van der Waals surface area contributed by atoms with E-state index in [4.69, 9.17) is 4.74 Å². The molecule has 0 aliphatic heterocycles. The molecule has 2 amide bonds. The van der Waals surface area contributed by atoms with E-state index in [0.29, 0.717) is 12.3 Å². The second kappa shape index (κ2) is 9.01. The van der Waals surface area contributed by atoms with Gasteiger partial charge in [-0.05, 0) is 68.3 Å². The Morgan fingerprint density at radius 2 is 1.38 bits per heavy atom. The largest absolute Gasteiger partial charge is 0.494 e. The fraction of sp³-hybridized carbons (Fsp3) is 0.174. The molecule has 6 heteroatoms. The number of rotatable bonds is 6. The van der Waals surface area contributed by atoms with Crippen LogP contribution in [0.15, 0.2) is 60.7 Å². The van der Waals surface area contributed by atoms with E-state index < -0.39 is 5.91 Å². The molecular formula is C23H23N3O3. The predicted molar refractivity (Wildman–Crippen MR) is 114 cm³/mol. The number of ether oxygens (including phenoxy) is 1. The molecule has 2 aromatic carbocycles. The molecule has 6 nitrogen and oxygen atoms in total. The van der Waals surface area contributed by atoms with Crippen molar-refractivity contribution in [2.24, 2.45) is 0 Å². The van der Waals surface area contributed by atoms with Crippen molar-refractivity contribution in [2.45, 2.75) is 20.8 Å².